The van der Waals surface area contributed by atoms with Crippen LogP contribution in [0.25, 0.3) is 0 Å². The SMILES string of the molecule is Cc1c(CNCc2cc(F)ccc2O)cnn1C. The second-order valence-corrected chi connectivity index (χ2v) is 4.26. The highest BCUT2D eigenvalue weighted by Gasteiger charge is 2.05. The van der Waals surface area contributed by atoms with Crippen LogP contribution in [0, 0.1) is 12.7 Å². The van der Waals surface area contributed by atoms with Crippen molar-refractivity contribution in [3.05, 3.63) is 47.0 Å². The Morgan fingerprint density at radius 2 is 2.06 bits per heavy atom. The Hall–Kier alpha value is -1.88. The zero-order valence-electron chi connectivity index (χ0n) is 10.4. The van der Waals surface area contributed by atoms with Crippen LogP contribution in [0.2, 0.25) is 0 Å². The average molecular weight is 249 g/mol. The van der Waals surface area contributed by atoms with Gasteiger partial charge in [0.05, 0.1) is 6.20 Å². The summed E-state index contributed by atoms with van der Waals surface area (Å²) in [5.41, 5.74) is 2.73. The fraction of sp³-hybridized carbons (Fsp3) is 0.308. The molecular weight excluding hydrogens is 233 g/mol. The molecule has 96 valence electrons. The van der Waals surface area contributed by atoms with Crippen molar-refractivity contribution in [2.75, 3.05) is 0 Å². The number of phenols is 1. The number of hydrogen-bond acceptors (Lipinski definition) is 3. The maximum atomic E-state index is 13.0. The molecule has 2 aromatic rings. The van der Waals surface area contributed by atoms with Crippen LogP contribution in [0.4, 0.5) is 4.39 Å². The molecule has 0 saturated heterocycles. The van der Waals surface area contributed by atoms with Crippen LogP contribution >= 0.6 is 0 Å². The Bertz CT molecular complexity index is 551. The molecule has 0 bridgehead atoms. The number of phenolic OH excluding ortho intramolecular Hbond substituents is 1. The summed E-state index contributed by atoms with van der Waals surface area (Å²) >= 11 is 0. The second kappa shape index (κ2) is 5.18. The highest BCUT2D eigenvalue weighted by Crippen LogP contribution is 2.17. The van der Waals surface area contributed by atoms with E-state index >= 15 is 0 Å². The van der Waals surface area contributed by atoms with Gasteiger partial charge in [0.25, 0.3) is 0 Å². The van der Waals surface area contributed by atoms with Gasteiger partial charge in [-0.25, -0.2) is 4.39 Å². The molecule has 0 unspecified atom stereocenters. The molecule has 1 heterocycles. The fourth-order valence-electron chi connectivity index (χ4n) is 1.75. The van der Waals surface area contributed by atoms with E-state index in [2.05, 4.69) is 10.4 Å². The molecule has 2 rings (SSSR count). The van der Waals surface area contributed by atoms with E-state index in [1.165, 1.54) is 18.2 Å². The van der Waals surface area contributed by atoms with Gasteiger partial charge in [-0.05, 0) is 25.1 Å². The molecule has 0 saturated carbocycles. The quantitative estimate of drug-likeness (QED) is 0.869. The van der Waals surface area contributed by atoms with Crippen LogP contribution in [0.1, 0.15) is 16.8 Å². The van der Waals surface area contributed by atoms with Crippen LogP contribution in [0.3, 0.4) is 0 Å². The Kier molecular flexibility index (Phi) is 3.62. The summed E-state index contributed by atoms with van der Waals surface area (Å²) in [6.45, 7) is 3.04. The topological polar surface area (TPSA) is 50.1 Å². The first-order valence-corrected chi connectivity index (χ1v) is 5.73. The van der Waals surface area contributed by atoms with Gasteiger partial charge >= 0.3 is 0 Å². The maximum Gasteiger partial charge on any atom is 0.123 e. The van der Waals surface area contributed by atoms with Crippen molar-refractivity contribution in [2.45, 2.75) is 20.0 Å². The molecule has 0 aliphatic rings. The molecular formula is C13H16FN3O. The molecule has 1 aromatic carbocycles. The van der Waals surface area contributed by atoms with Gasteiger partial charge < -0.3 is 10.4 Å². The number of aromatic nitrogens is 2. The standard InChI is InChI=1S/C13H16FN3O/c1-9-11(8-16-17(9)2)7-15-6-10-5-12(14)3-4-13(10)18/h3-5,8,15,18H,6-7H2,1-2H3. The van der Waals surface area contributed by atoms with E-state index in [9.17, 15) is 9.50 Å². The van der Waals surface area contributed by atoms with Crippen molar-refractivity contribution in [3.8, 4) is 5.75 Å². The van der Waals surface area contributed by atoms with Crippen LogP contribution < -0.4 is 5.32 Å². The molecule has 1 aromatic heterocycles. The first-order valence-electron chi connectivity index (χ1n) is 5.73. The highest BCUT2D eigenvalue weighted by atomic mass is 19.1. The molecule has 5 heteroatoms. The molecule has 4 nitrogen and oxygen atoms in total. The minimum atomic E-state index is -0.345. The van der Waals surface area contributed by atoms with Crippen molar-refractivity contribution < 1.29 is 9.50 Å². The Morgan fingerprint density at radius 3 is 2.72 bits per heavy atom. The number of aromatic hydroxyl groups is 1. The van der Waals surface area contributed by atoms with Crippen molar-refractivity contribution >= 4 is 0 Å². The summed E-state index contributed by atoms with van der Waals surface area (Å²) in [7, 11) is 1.89. The van der Waals surface area contributed by atoms with Gasteiger partial charge in [0.1, 0.15) is 11.6 Å². The monoisotopic (exact) mass is 249 g/mol. The normalized spacial score (nSPS) is 10.8. The van der Waals surface area contributed by atoms with Crippen molar-refractivity contribution in [1.29, 1.82) is 0 Å². The second-order valence-electron chi connectivity index (χ2n) is 4.26. The number of aryl methyl sites for hydroxylation is 1. The third-order valence-electron chi connectivity index (χ3n) is 3.01. The number of nitrogens with zero attached hydrogens (tertiary/aromatic N) is 2. The van der Waals surface area contributed by atoms with Gasteiger partial charge in [0, 0.05) is 37.0 Å². The Morgan fingerprint density at radius 1 is 1.33 bits per heavy atom. The van der Waals surface area contributed by atoms with E-state index in [-0.39, 0.29) is 11.6 Å². The average Bonchev–Trinajstić information content (AvgIpc) is 2.65. The third-order valence-corrected chi connectivity index (χ3v) is 3.01. The number of benzene rings is 1. The lowest BCUT2D eigenvalue weighted by Gasteiger charge is -2.07. The molecule has 0 atom stereocenters. The molecule has 0 spiro atoms. The lowest BCUT2D eigenvalue weighted by Crippen LogP contribution is -2.13. The highest BCUT2D eigenvalue weighted by molar-refractivity contribution is 5.32. The minimum Gasteiger partial charge on any atom is -0.508 e. The van der Waals surface area contributed by atoms with E-state index in [0.29, 0.717) is 18.7 Å². The summed E-state index contributed by atoms with van der Waals surface area (Å²) in [4.78, 5) is 0. The van der Waals surface area contributed by atoms with Crippen LogP contribution in [0.15, 0.2) is 24.4 Å². The van der Waals surface area contributed by atoms with E-state index in [1.807, 2.05) is 14.0 Å². The van der Waals surface area contributed by atoms with Gasteiger partial charge in [-0.15, -0.1) is 0 Å². The van der Waals surface area contributed by atoms with Crippen molar-refractivity contribution in [1.82, 2.24) is 15.1 Å². The van der Waals surface area contributed by atoms with E-state index in [4.69, 9.17) is 0 Å². The summed E-state index contributed by atoms with van der Waals surface area (Å²) in [5.74, 6) is -0.242. The Balaban J connectivity index is 1.96. The summed E-state index contributed by atoms with van der Waals surface area (Å²) < 4.78 is 14.8. The molecule has 2 N–H and O–H groups in total. The van der Waals surface area contributed by atoms with Gasteiger partial charge in [-0.3, -0.25) is 4.68 Å². The van der Waals surface area contributed by atoms with Crippen LogP contribution in [-0.2, 0) is 20.1 Å². The van der Waals surface area contributed by atoms with Crippen LogP contribution in [-0.4, -0.2) is 14.9 Å². The predicted octanol–water partition coefficient (Wildman–Crippen LogP) is 1.86. The summed E-state index contributed by atoms with van der Waals surface area (Å²) in [6.07, 6.45) is 1.80. The zero-order valence-corrected chi connectivity index (χ0v) is 10.4. The first kappa shape index (κ1) is 12.6. The van der Waals surface area contributed by atoms with E-state index in [1.54, 1.807) is 10.9 Å². The fourth-order valence-corrected chi connectivity index (χ4v) is 1.75. The number of rotatable bonds is 4. The number of nitrogens with one attached hydrogen (secondary N) is 1. The summed E-state index contributed by atoms with van der Waals surface area (Å²) in [5, 5.41) is 16.9. The molecule has 18 heavy (non-hydrogen) atoms. The lowest BCUT2D eigenvalue weighted by atomic mass is 10.2. The summed E-state index contributed by atoms with van der Waals surface area (Å²) in [6, 6.07) is 3.93. The van der Waals surface area contributed by atoms with E-state index in [0.717, 1.165) is 11.3 Å². The number of halogens is 1. The molecule has 0 radical (unpaired) electrons. The lowest BCUT2D eigenvalue weighted by molar-refractivity contribution is 0.461. The third kappa shape index (κ3) is 2.68. The molecule has 0 aliphatic heterocycles. The van der Waals surface area contributed by atoms with Crippen molar-refractivity contribution in [3.63, 3.8) is 0 Å². The predicted molar refractivity (Wildman–Crippen MR) is 66.6 cm³/mol. The molecule has 0 fully saturated rings. The van der Waals surface area contributed by atoms with E-state index < -0.39 is 0 Å². The van der Waals surface area contributed by atoms with Gasteiger partial charge in [0.15, 0.2) is 0 Å². The van der Waals surface area contributed by atoms with Crippen LogP contribution in [0.5, 0.6) is 5.75 Å². The Labute approximate surface area is 105 Å². The smallest absolute Gasteiger partial charge is 0.123 e. The molecule has 0 aliphatic carbocycles. The largest absolute Gasteiger partial charge is 0.508 e. The minimum absolute atomic E-state index is 0.104. The maximum absolute atomic E-state index is 13.0. The van der Waals surface area contributed by atoms with Gasteiger partial charge in [0.2, 0.25) is 0 Å². The first-order chi connectivity index (χ1) is 8.58. The number of hydrogen-bond donors (Lipinski definition) is 2. The van der Waals surface area contributed by atoms with Gasteiger partial charge in [-0.2, -0.15) is 5.10 Å². The zero-order chi connectivity index (χ0) is 13.1. The van der Waals surface area contributed by atoms with Gasteiger partial charge in [-0.1, -0.05) is 0 Å². The molecule has 0 amide bonds. The van der Waals surface area contributed by atoms with Crippen molar-refractivity contribution in [2.24, 2.45) is 7.05 Å².